The van der Waals surface area contributed by atoms with E-state index in [2.05, 4.69) is 5.32 Å². The fourth-order valence-corrected chi connectivity index (χ4v) is 3.12. The third-order valence-electron chi connectivity index (χ3n) is 2.78. The Labute approximate surface area is 111 Å². The third kappa shape index (κ3) is 2.66. The van der Waals surface area contributed by atoms with Gasteiger partial charge in [0.05, 0.1) is 6.26 Å². The summed E-state index contributed by atoms with van der Waals surface area (Å²) in [5.41, 5.74) is 0.613. The van der Waals surface area contributed by atoms with Crippen LogP contribution < -0.4 is 5.32 Å². The Hall–Kier alpha value is -1.11. The highest BCUT2D eigenvalue weighted by Gasteiger charge is 2.36. The molecule has 18 heavy (non-hydrogen) atoms. The van der Waals surface area contributed by atoms with Gasteiger partial charge in [-0.1, -0.05) is 23.7 Å². The van der Waals surface area contributed by atoms with E-state index in [1.807, 2.05) is 0 Å². The first-order valence-corrected chi connectivity index (χ1v) is 7.62. The zero-order chi connectivity index (χ0) is 13.3. The minimum atomic E-state index is -3.43. The number of nitrogens with one attached hydrogen (secondary N) is 1. The number of carbonyl (C=O) groups is 1. The van der Waals surface area contributed by atoms with Crippen molar-refractivity contribution in [1.82, 2.24) is 9.62 Å². The lowest BCUT2D eigenvalue weighted by atomic mass is 10.1. The lowest BCUT2D eigenvalue weighted by Crippen LogP contribution is -2.51. The number of hydrogen-bond acceptors (Lipinski definition) is 3. The van der Waals surface area contributed by atoms with Crippen LogP contribution in [0.5, 0.6) is 0 Å². The second-order valence-corrected chi connectivity index (χ2v) is 6.49. The standard InChI is InChI=1S/C11H13ClN2O3S/c1-18(16,17)14-7-6-13-11(15)10(14)8-2-4-9(12)5-3-8/h2-5,10H,6-7H2,1H3,(H,13,15). The monoisotopic (exact) mass is 288 g/mol. The molecule has 1 heterocycles. The highest BCUT2D eigenvalue weighted by molar-refractivity contribution is 7.88. The Kier molecular flexibility index (Phi) is 3.61. The molecule has 0 spiro atoms. The van der Waals surface area contributed by atoms with Crippen LogP contribution in [0.4, 0.5) is 0 Å². The lowest BCUT2D eigenvalue weighted by Gasteiger charge is -2.33. The van der Waals surface area contributed by atoms with Crippen LogP contribution >= 0.6 is 11.6 Å². The molecule has 0 saturated carbocycles. The number of amides is 1. The first-order valence-electron chi connectivity index (χ1n) is 5.39. The molecule has 1 unspecified atom stereocenters. The van der Waals surface area contributed by atoms with Gasteiger partial charge in [0, 0.05) is 18.1 Å². The van der Waals surface area contributed by atoms with Crippen molar-refractivity contribution in [2.45, 2.75) is 6.04 Å². The summed E-state index contributed by atoms with van der Waals surface area (Å²) in [5, 5.41) is 3.21. The lowest BCUT2D eigenvalue weighted by molar-refractivity contribution is -0.126. The van der Waals surface area contributed by atoms with Gasteiger partial charge in [-0.05, 0) is 17.7 Å². The van der Waals surface area contributed by atoms with E-state index < -0.39 is 16.1 Å². The van der Waals surface area contributed by atoms with Crippen molar-refractivity contribution < 1.29 is 13.2 Å². The second kappa shape index (κ2) is 4.87. The van der Waals surface area contributed by atoms with Gasteiger partial charge in [-0.15, -0.1) is 0 Å². The van der Waals surface area contributed by atoms with Gasteiger partial charge in [0.25, 0.3) is 0 Å². The SMILES string of the molecule is CS(=O)(=O)N1CCNC(=O)C1c1ccc(Cl)cc1. The van der Waals surface area contributed by atoms with Gasteiger partial charge in [-0.3, -0.25) is 4.79 Å². The molecule has 1 aromatic carbocycles. The maximum atomic E-state index is 11.9. The highest BCUT2D eigenvalue weighted by atomic mass is 35.5. The van der Waals surface area contributed by atoms with Crippen molar-refractivity contribution in [3.8, 4) is 0 Å². The number of hydrogen-bond donors (Lipinski definition) is 1. The van der Waals surface area contributed by atoms with Crippen LogP contribution in [-0.2, 0) is 14.8 Å². The Bertz CT molecular complexity index is 556. The maximum Gasteiger partial charge on any atom is 0.243 e. The van der Waals surface area contributed by atoms with E-state index in [9.17, 15) is 13.2 Å². The summed E-state index contributed by atoms with van der Waals surface area (Å²) < 4.78 is 24.6. The molecule has 1 aromatic rings. The zero-order valence-electron chi connectivity index (χ0n) is 9.76. The first kappa shape index (κ1) is 13.3. The van der Waals surface area contributed by atoms with Crippen molar-refractivity contribution >= 4 is 27.5 Å². The molecule has 98 valence electrons. The van der Waals surface area contributed by atoms with Crippen LogP contribution in [0.15, 0.2) is 24.3 Å². The van der Waals surface area contributed by atoms with Gasteiger partial charge in [-0.2, -0.15) is 4.31 Å². The summed E-state index contributed by atoms with van der Waals surface area (Å²) in [6.07, 6.45) is 1.11. The number of halogens is 1. The van der Waals surface area contributed by atoms with Gasteiger partial charge < -0.3 is 5.32 Å². The molecular formula is C11H13ClN2O3S. The van der Waals surface area contributed by atoms with Gasteiger partial charge in [-0.25, -0.2) is 8.42 Å². The number of piperazine rings is 1. The van der Waals surface area contributed by atoms with E-state index in [1.165, 1.54) is 4.31 Å². The first-order chi connectivity index (χ1) is 8.39. The van der Waals surface area contributed by atoms with Crippen molar-refractivity contribution in [3.63, 3.8) is 0 Å². The molecule has 1 saturated heterocycles. The summed E-state index contributed by atoms with van der Waals surface area (Å²) in [4.78, 5) is 11.9. The molecule has 0 radical (unpaired) electrons. The van der Waals surface area contributed by atoms with Crippen molar-refractivity contribution in [3.05, 3.63) is 34.9 Å². The van der Waals surface area contributed by atoms with Gasteiger partial charge in [0.1, 0.15) is 6.04 Å². The predicted molar refractivity (Wildman–Crippen MR) is 68.8 cm³/mol. The van der Waals surface area contributed by atoms with Crippen LogP contribution in [0.25, 0.3) is 0 Å². The molecule has 7 heteroatoms. The molecule has 1 atom stereocenters. The van der Waals surface area contributed by atoms with Gasteiger partial charge in [0.2, 0.25) is 15.9 Å². The smallest absolute Gasteiger partial charge is 0.243 e. The van der Waals surface area contributed by atoms with Crippen LogP contribution in [0.3, 0.4) is 0 Å². The Morgan fingerprint density at radius 1 is 1.33 bits per heavy atom. The van der Waals surface area contributed by atoms with Crippen molar-refractivity contribution in [2.75, 3.05) is 19.3 Å². The molecule has 0 aliphatic carbocycles. The third-order valence-corrected chi connectivity index (χ3v) is 4.28. The molecule has 1 aliphatic heterocycles. The molecule has 2 rings (SSSR count). The van der Waals surface area contributed by atoms with Crippen molar-refractivity contribution in [2.24, 2.45) is 0 Å². The number of benzene rings is 1. The van der Waals surface area contributed by atoms with Crippen molar-refractivity contribution in [1.29, 1.82) is 0 Å². The molecule has 1 fully saturated rings. The van der Waals surface area contributed by atoms with E-state index in [4.69, 9.17) is 11.6 Å². The van der Waals surface area contributed by atoms with E-state index in [0.717, 1.165) is 6.26 Å². The van der Waals surface area contributed by atoms with E-state index in [-0.39, 0.29) is 12.5 Å². The highest BCUT2D eigenvalue weighted by Crippen LogP contribution is 2.26. The Balaban J connectivity index is 2.42. The van der Waals surface area contributed by atoms with Crippen LogP contribution in [-0.4, -0.2) is 38.0 Å². The fourth-order valence-electron chi connectivity index (χ4n) is 1.97. The van der Waals surface area contributed by atoms with E-state index in [1.54, 1.807) is 24.3 Å². The quantitative estimate of drug-likeness (QED) is 0.874. The molecular weight excluding hydrogens is 276 g/mol. The van der Waals surface area contributed by atoms with E-state index >= 15 is 0 Å². The summed E-state index contributed by atoms with van der Waals surface area (Å²) in [5.74, 6) is -0.311. The Morgan fingerprint density at radius 2 is 1.94 bits per heavy atom. The normalized spacial score (nSPS) is 21.7. The van der Waals surface area contributed by atoms with Crippen LogP contribution in [0.1, 0.15) is 11.6 Å². The van der Waals surface area contributed by atoms with Gasteiger partial charge >= 0.3 is 0 Å². The van der Waals surface area contributed by atoms with Crippen LogP contribution in [0, 0.1) is 0 Å². The average molecular weight is 289 g/mol. The largest absolute Gasteiger partial charge is 0.353 e. The second-order valence-electron chi connectivity index (χ2n) is 4.12. The molecule has 5 nitrogen and oxygen atoms in total. The summed E-state index contributed by atoms with van der Waals surface area (Å²) in [6.45, 7) is 0.605. The molecule has 1 amide bonds. The average Bonchev–Trinajstić information content (AvgIpc) is 2.29. The summed E-state index contributed by atoms with van der Waals surface area (Å²) in [6, 6.07) is 5.79. The van der Waals surface area contributed by atoms with Crippen LogP contribution in [0.2, 0.25) is 5.02 Å². The van der Waals surface area contributed by atoms with Gasteiger partial charge in [0.15, 0.2) is 0 Å². The predicted octanol–water partition coefficient (Wildman–Crippen LogP) is 0.773. The summed E-state index contributed by atoms with van der Waals surface area (Å²) >= 11 is 5.78. The summed E-state index contributed by atoms with van der Waals surface area (Å²) in [7, 11) is -3.43. The number of rotatable bonds is 2. The molecule has 1 N–H and O–H groups in total. The van der Waals surface area contributed by atoms with E-state index in [0.29, 0.717) is 17.1 Å². The minimum absolute atomic E-state index is 0.276. The topological polar surface area (TPSA) is 66.5 Å². The number of carbonyl (C=O) groups excluding carboxylic acids is 1. The maximum absolute atomic E-state index is 11.9. The molecule has 0 aromatic heterocycles. The molecule has 1 aliphatic rings. The number of nitrogens with zero attached hydrogens (tertiary/aromatic N) is 1. The zero-order valence-corrected chi connectivity index (χ0v) is 11.3. The number of sulfonamides is 1. The minimum Gasteiger partial charge on any atom is -0.353 e. The Morgan fingerprint density at radius 3 is 2.50 bits per heavy atom. The fraction of sp³-hybridized carbons (Fsp3) is 0.364. The molecule has 0 bridgehead atoms.